The molecule has 24 heavy (non-hydrogen) atoms. The molecule has 0 aliphatic carbocycles. The van der Waals surface area contributed by atoms with E-state index in [1.807, 2.05) is 48.5 Å². The summed E-state index contributed by atoms with van der Waals surface area (Å²) in [4.78, 5) is 12.0. The Labute approximate surface area is 143 Å². The number of Topliss-reactive ketones (excluding diaryl/α,β-unsaturated/α-hetero) is 1. The minimum absolute atomic E-state index is 0.265. The van der Waals surface area contributed by atoms with E-state index in [0.717, 1.165) is 24.0 Å². The number of terminal acetylenes is 1. The first kappa shape index (κ1) is 15.8. The lowest BCUT2D eigenvalue weighted by atomic mass is 9.95. The topological polar surface area (TPSA) is 17.1 Å². The summed E-state index contributed by atoms with van der Waals surface area (Å²) in [5.74, 6) is 1.96. The maximum absolute atomic E-state index is 12.0. The minimum atomic E-state index is -0.265. The zero-order valence-electron chi connectivity index (χ0n) is 13.4. The number of benzene rings is 3. The summed E-state index contributed by atoms with van der Waals surface area (Å²) in [6, 6.07) is 26.4. The molecule has 0 saturated heterocycles. The van der Waals surface area contributed by atoms with Gasteiger partial charge in [0.1, 0.15) is 0 Å². The van der Waals surface area contributed by atoms with Gasteiger partial charge in [-0.05, 0) is 53.1 Å². The Kier molecular flexibility index (Phi) is 4.89. The lowest BCUT2D eigenvalue weighted by Gasteiger charge is -2.09. The van der Waals surface area contributed by atoms with Crippen LogP contribution < -0.4 is 0 Å². The monoisotopic (exact) mass is 310 g/mol. The van der Waals surface area contributed by atoms with Gasteiger partial charge in [-0.25, -0.2) is 0 Å². The first-order valence-corrected chi connectivity index (χ1v) is 7.96. The van der Waals surface area contributed by atoms with Crippen LogP contribution in [0.5, 0.6) is 0 Å². The number of hydrogen-bond acceptors (Lipinski definition) is 1. The molecule has 1 nitrogen and oxygen atoms in total. The normalized spacial score (nSPS) is 10.1. The quantitative estimate of drug-likeness (QED) is 0.380. The predicted molar refractivity (Wildman–Crippen MR) is 98.1 cm³/mol. The van der Waals surface area contributed by atoms with Gasteiger partial charge in [0.2, 0.25) is 5.78 Å². The fraction of sp³-hybridized carbons (Fsp3) is 0.0870. The molecule has 0 aliphatic heterocycles. The Hall–Kier alpha value is -3.11. The Morgan fingerprint density at radius 2 is 1.17 bits per heavy atom. The molecule has 116 valence electrons. The molecular weight excluding hydrogens is 292 g/mol. The molecule has 0 spiro atoms. The van der Waals surface area contributed by atoms with Crippen LogP contribution in [0.2, 0.25) is 0 Å². The maximum atomic E-state index is 12.0. The second-order valence-electron chi connectivity index (χ2n) is 5.84. The molecule has 0 heterocycles. The summed E-state index contributed by atoms with van der Waals surface area (Å²) in [5, 5.41) is 0. The van der Waals surface area contributed by atoms with Gasteiger partial charge in [0.15, 0.2) is 0 Å². The molecular formula is C23H18O. The van der Waals surface area contributed by atoms with Crippen LogP contribution >= 0.6 is 0 Å². The average molecular weight is 310 g/mol. The molecule has 0 bridgehead atoms. The van der Waals surface area contributed by atoms with E-state index in [2.05, 4.69) is 36.3 Å². The molecule has 0 amide bonds. The van der Waals surface area contributed by atoms with Crippen LogP contribution in [0.3, 0.4) is 0 Å². The van der Waals surface area contributed by atoms with Crippen LogP contribution in [-0.2, 0) is 12.8 Å². The predicted octanol–water partition coefficient (Wildman–Crippen LogP) is 4.68. The van der Waals surface area contributed by atoms with E-state index in [0.29, 0.717) is 5.56 Å². The molecule has 3 aromatic rings. The molecule has 0 aliphatic rings. The van der Waals surface area contributed by atoms with Crippen molar-refractivity contribution >= 4 is 5.78 Å². The first-order valence-electron chi connectivity index (χ1n) is 7.96. The Morgan fingerprint density at radius 3 is 1.58 bits per heavy atom. The summed E-state index contributed by atoms with van der Waals surface area (Å²) in [6.07, 6.45) is 6.88. The molecule has 1 heteroatoms. The molecule has 0 fully saturated rings. The van der Waals surface area contributed by atoms with Gasteiger partial charge in [-0.2, -0.15) is 0 Å². The summed E-state index contributed by atoms with van der Waals surface area (Å²) in [6.45, 7) is 0. The summed E-state index contributed by atoms with van der Waals surface area (Å²) in [7, 11) is 0. The van der Waals surface area contributed by atoms with Gasteiger partial charge in [-0.15, -0.1) is 6.42 Å². The smallest absolute Gasteiger partial charge is 0.235 e. The number of rotatable bonds is 5. The zero-order chi connectivity index (χ0) is 16.8. The third-order valence-electron chi connectivity index (χ3n) is 3.95. The molecule has 0 N–H and O–H groups in total. The fourth-order valence-electron chi connectivity index (χ4n) is 2.84. The third kappa shape index (κ3) is 4.00. The van der Waals surface area contributed by atoms with Crippen molar-refractivity contribution in [1.29, 1.82) is 0 Å². The van der Waals surface area contributed by atoms with E-state index in [1.165, 1.54) is 11.1 Å². The van der Waals surface area contributed by atoms with E-state index < -0.39 is 0 Å². The largest absolute Gasteiger partial charge is 0.279 e. The zero-order valence-corrected chi connectivity index (χ0v) is 13.4. The highest BCUT2D eigenvalue weighted by Gasteiger charge is 2.08. The first-order chi connectivity index (χ1) is 11.7. The van der Waals surface area contributed by atoms with Crippen LogP contribution in [-0.4, -0.2) is 5.78 Å². The van der Waals surface area contributed by atoms with Crippen LogP contribution in [0.25, 0.3) is 0 Å². The van der Waals surface area contributed by atoms with E-state index in [1.54, 1.807) is 0 Å². The fourth-order valence-corrected chi connectivity index (χ4v) is 2.84. The second-order valence-corrected chi connectivity index (χ2v) is 5.84. The van der Waals surface area contributed by atoms with Crippen LogP contribution in [0.15, 0.2) is 78.9 Å². The lowest BCUT2D eigenvalue weighted by Crippen LogP contribution is -2.00. The van der Waals surface area contributed by atoms with Crippen molar-refractivity contribution in [3.63, 3.8) is 0 Å². The molecule has 3 rings (SSSR count). The average Bonchev–Trinajstić information content (AvgIpc) is 2.62. The lowest BCUT2D eigenvalue weighted by molar-refractivity contribution is 0.105. The van der Waals surface area contributed by atoms with Crippen LogP contribution in [0, 0.1) is 12.3 Å². The number of carbonyl (C=O) groups excluding carboxylic acids is 1. The Balaban J connectivity index is 1.94. The van der Waals surface area contributed by atoms with Crippen molar-refractivity contribution in [2.45, 2.75) is 12.8 Å². The summed E-state index contributed by atoms with van der Waals surface area (Å²) in [5.41, 5.74) is 5.24. The summed E-state index contributed by atoms with van der Waals surface area (Å²) < 4.78 is 0. The van der Waals surface area contributed by atoms with E-state index in [-0.39, 0.29) is 5.78 Å². The Bertz CT molecular complexity index is 811. The highest BCUT2D eigenvalue weighted by atomic mass is 16.1. The highest BCUT2D eigenvalue weighted by Crippen LogP contribution is 2.18. The van der Waals surface area contributed by atoms with Crippen LogP contribution in [0.4, 0.5) is 0 Å². The van der Waals surface area contributed by atoms with Crippen LogP contribution in [0.1, 0.15) is 32.6 Å². The van der Waals surface area contributed by atoms with Gasteiger partial charge in [0.25, 0.3) is 0 Å². The Morgan fingerprint density at radius 1 is 0.708 bits per heavy atom. The van der Waals surface area contributed by atoms with E-state index in [4.69, 9.17) is 6.42 Å². The molecule has 0 radical (unpaired) electrons. The van der Waals surface area contributed by atoms with Gasteiger partial charge < -0.3 is 0 Å². The number of hydrogen-bond donors (Lipinski definition) is 0. The molecule has 0 saturated carbocycles. The standard InChI is InChI=1S/C23H18O/c1-2-23(24)22-16-20(13-18-9-5-3-6-10-18)15-21(17-22)14-19-11-7-4-8-12-19/h1,3-12,15-17H,13-14H2. The second kappa shape index (κ2) is 7.44. The van der Waals surface area contributed by atoms with Gasteiger partial charge in [-0.1, -0.05) is 66.7 Å². The van der Waals surface area contributed by atoms with Crippen molar-refractivity contribution in [3.05, 3.63) is 107 Å². The number of carbonyl (C=O) groups is 1. The summed E-state index contributed by atoms with van der Waals surface area (Å²) >= 11 is 0. The van der Waals surface area contributed by atoms with Gasteiger partial charge in [0, 0.05) is 5.56 Å². The van der Waals surface area contributed by atoms with E-state index >= 15 is 0 Å². The van der Waals surface area contributed by atoms with Gasteiger partial charge in [-0.3, -0.25) is 4.79 Å². The van der Waals surface area contributed by atoms with Crippen molar-refractivity contribution < 1.29 is 4.79 Å². The maximum Gasteiger partial charge on any atom is 0.235 e. The third-order valence-corrected chi connectivity index (χ3v) is 3.95. The molecule has 3 aromatic carbocycles. The van der Waals surface area contributed by atoms with Crippen molar-refractivity contribution in [3.8, 4) is 12.3 Å². The molecule has 0 aromatic heterocycles. The van der Waals surface area contributed by atoms with Crippen molar-refractivity contribution in [2.24, 2.45) is 0 Å². The SMILES string of the molecule is C#CC(=O)c1cc(Cc2ccccc2)cc(Cc2ccccc2)c1. The van der Waals surface area contributed by atoms with E-state index in [9.17, 15) is 4.79 Å². The van der Waals surface area contributed by atoms with Crippen molar-refractivity contribution in [2.75, 3.05) is 0 Å². The highest BCUT2D eigenvalue weighted by molar-refractivity contribution is 6.08. The molecule has 0 atom stereocenters. The van der Waals surface area contributed by atoms with Gasteiger partial charge >= 0.3 is 0 Å². The van der Waals surface area contributed by atoms with Gasteiger partial charge in [0.05, 0.1) is 0 Å². The van der Waals surface area contributed by atoms with Crippen molar-refractivity contribution in [1.82, 2.24) is 0 Å². The minimum Gasteiger partial charge on any atom is -0.279 e. The molecule has 0 unspecified atom stereocenters. The number of ketones is 1.